The highest BCUT2D eigenvalue weighted by Gasteiger charge is 2.18. The first-order chi connectivity index (χ1) is 12.5. The van der Waals surface area contributed by atoms with Crippen molar-refractivity contribution in [3.8, 4) is 11.5 Å². The van der Waals surface area contributed by atoms with Gasteiger partial charge in [-0.2, -0.15) is 0 Å². The fraction of sp³-hybridized carbons (Fsp3) is 0.111. The second-order valence-electron chi connectivity index (χ2n) is 5.25. The molecule has 0 fully saturated rings. The molecule has 0 saturated carbocycles. The molecule has 0 atom stereocenters. The quantitative estimate of drug-likeness (QED) is 0.667. The first kappa shape index (κ1) is 18.0. The minimum atomic E-state index is -0.494. The summed E-state index contributed by atoms with van der Waals surface area (Å²) in [6.45, 7) is 0. The van der Waals surface area contributed by atoms with Gasteiger partial charge in [-0.05, 0) is 36.4 Å². The molecule has 1 aromatic heterocycles. The molecule has 26 heavy (non-hydrogen) atoms. The summed E-state index contributed by atoms with van der Waals surface area (Å²) in [7, 11) is 3.08. The van der Waals surface area contributed by atoms with E-state index in [-0.39, 0.29) is 0 Å². The summed E-state index contributed by atoms with van der Waals surface area (Å²) in [5, 5.41) is 1.09. The Hall–Kier alpha value is -2.77. The third-order valence-corrected chi connectivity index (χ3v) is 5.32. The van der Waals surface area contributed by atoms with Crippen LogP contribution in [0.3, 0.4) is 0 Å². The SMILES string of the molecule is COc1cccc(C(=O)NNC(=O)c2sc3cc(OC)ccc3c2Cl)c1. The highest BCUT2D eigenvalue weighted by molar-refractivity contribution is 7.21. The number of fused-ring (bicyclic) bond motifs is 1. The summed E-state index contributed by atoms with van der Waals surface area (Å²) >= 11 is 7.52. The number of hydrazine groups is 1. The molecule has 2 N–H and O–H groups in total. The lowest BCUT2D eigenvalue weighted by Gasteiger charge is -2.07. The van der Waals surface area contributed by atoms with E-state index in [1.165, 1.54) is 18.4 Å². The number of hydrogen-bond donors (Lipinski definition) is 2. The summed E-state index contributed by atoms with van der Waals surface area (Å²) in [6, 6.07) is 12.0. The van der Waals surface area contributed by atoms with Gasteiger partial charge in [0.1, 0.15) is 16.4 Å². The highest BCUT2D eigenvalue weighted by Crippen LogP contribution is 2.37. The lowest BCUT2D eigenvalue weighted by molar-refractivity contribution is 0.0849. The topological polar surface area (TPSA) is 76.7 Å². The molecular formula is C18H15ClN2O4S. The van der Waals surface area contributed by atoms with Gasteiger partial charge in [0.25, 0.3) is 11.8 Å². The monoisotopic (exact) mass is 390 g/mol. The van der Waals surface area contributed by atoms with Gasteiger partial charge < -0.3 is 9.47 Å². The second-order valence-corrected chi connectivity index (χ2v) is 6.68. The van der Waals surface area contributed by atoms with Gasteiger partial charge in [-0.25, -0.2) is 0 Å². The molecule has 0 radical (unpaired) electrons. The van der Waals surface area contributed by atoms with Gasteiger partial charge in [-0.1, -0.05) is 17.7 Å². The molecule has 0 aliphatic carbocycles. The fourth-order valence-electron chi connectivity index (χ4n) is 2.33. The van der Waals surface area contributed by atoms with Crippen molar-refractivity contribution >= 4 is 44.8 Å². The van der Waals surface area contributed by atoms with Crippen molar-refractivity contribution in [3.05, 3.63) is 57.9 Å². The Morgan fingerprint density at radius 3 is 2.38 bits per heavy atom. The van der Waals surface area contributed by atoms with Crippen LogP contribution in [0.25, 0.3) is 10.1 Å². The molecule has 8 heteroatoms. The highest BCUT2D eigenvalue weighted by atomic mass is 35.5. The normalized spacial score (nSPS) is 10.4. The first-order valence-electron chi connectivity index (χ1n) is 7.54. The van der Waals surface area contributed by atoms with Crippen molar-refractivity contribution in [2.75, 3.05) is 14.2 Å². The van der Waals surface area contributed by atoms with E-state index in [1.54, 1.807) is 49.6 Å². The Bertz CT molecular complexity index is 986. The summed E-state index contributed by atoms with van der Waals surface area (Å²) in [4.78, 5) is 24.9. The Morgan fingerprint density at radius 2 is 1.65 bits per heavy atom. The molecule has 0 unspecified atom stereocenters. The number of carbonyl (C=O) groups excluding carboxylic acids is 2. The van der Waals surface area contributed by atoms with Crippen LogP contribution in [0, 0.1) is 0 Å². The molecule has 2 aromatic carbocycles. The molecule has 0 aliphatic heterocycles. The number of amides is 2. The molecule has 0 bridgehead atoms. The maximum atomic E-state index is 12.4. The largest absolute Gasteiger partial charge is 0.497 e. The Labute approximate surface area is 158 Å². The second kappa shape index (κ2) is 7.63. The molecule has 3 aromatic rings. The van der Waals surface area contributed by atoms with E-state index in [1.807, 2.05) is 0 Å². The third kappa shape index (κ3) is 3.58. The van der Waals surface area contributed by atoms with Crippen LogP contribution >= 0.6 is 22.9 Å². The number of hydrogen-bond acceptors (Lipinski definition) is 5. The zero-order valence-electron chi connectivity index (χ0n) is 14.0. The van der Waals surface area contributed by atoms with Gasteiger partial charge in [0.05, 0.1) is 19.2 Å². The van der Waals surface area contributed by atoms with E-state index < -0.39 is 11.8 Å². The lowest BCUT2D eigenvalue weighted by atomic mass is 10.2. The van der Waals surface area contributed by atoms with Crippen molar-refractivity contribution in [2.24, 2.45) is 0 Å². The van der Waals surface area contributed by atoms with E-state index in [0.717, 1.165) is 10.1 Å². The van der Waals surface area contributed by atoms with Crippen LogP contribution in [0.15, 0.2) is 42.5 Å². The molecule has 0 aliphatic rings. The molecule has 2 amide bonds. The number of ether oxygens (including phenoxy) is 2. The number of nitrogens with one attached hydrogen (secondary N) is 2. The average molecular weight is 391 g/mol. The smallest absolute Gasteiger partial charge is 0.281 e. The van der Waals surface area contributed by atoms with Gasteiger partial charge in [-0.15, -0.1) is 11.3 Å². The zero-order valence-corrected chi connectivity index (χ0v) is 15.5. The lowest BCUT2D eigenvalue weighted by Crippen LogP contribution is -2.41. The number of carbonyl (C=O) groups is 2. The molecule has 3 rings (SSSR count). The molecule has 134 valence electrons. The van der Waals surface area contributed by atoms with Gasteiger partial charge in [-0.3, -0.25) is 20.4 Å². The van der Waals surface area contributed by atoms with Gasteiger partial charge >= 0.3 is 0 Å². The van der Waals surface area contributed by atoms with E-state index >= 15 is 0 Å². The van der Waals surface area contributed by atoms with E-state index in [9.17, 15) is 9.59 Å². The van der Waals surface area contributed by atoms with E-state index in [2.05, 4.69) is 10.9 Å². The van der Waals surface area contributed by atoms with Crippen molar-refractivity contribution in [3.63, 3.8) is 0 Å². The number of benzene rings is 2. The van der Waals surface area contributed by atoms with Crippen molar-refractivity contribution in [1.82, 2.24) is 10.9 Å². The average Bonchev–Trinajstić information content (AvgIpc) is 3.01. The van der Waals surface area contributed by atoms with Crippen LogP contribution in [-0.4, -0.2) is 26.0 Å². The number of rotatable bonds is 4. The minimum absolute atomic E-state index is 0.306. The molecule has 1 heterocycles. The molecule has 0 spiro atoms. The van der Waals surface area contributed by atoms with Crippen molar-refractivity contribution < 1.29 is 19.1 Å². The van der Waals surface area contributed by atoms with Crippen LogP contribution < -0.4 is 20.3 Å². The maximum Gasteiger partial charge on any atom is 0.281 e. The number of halogens is 1. The Balaban J connectivity index is 1.74. The van der Waals surface area contributed by atoms with E-state index in [4.69, 9.17) is 21.1 Å². The summed E-state index contributed by atoms with van der Waals surface area (Å²) < 4.78 is 11.1. The van der Waals surface area contributed by atoms with Crippen LogP contribution in [-0.2, 0) is 0 Å². The van der Waals surface area contributed by atoms with Gasteiger partial charge in [0.15, 0.2) is 0 Å². The zero-order chi connectivity index (χ0) is 18.7. The van der Waals surface area contributed by atoms with Crippen LogP contribution in [0.2, 0.25) is 5.02 Å². The minimum Gasteiger partial charge on any atom is -0.497 e. The predicted octanol–water partition coefficient (Wildman–Crippen LogP) is 3.65. The fourth-order valence-corrected chi connectivity index (χ4v) is 3.77. The first-order valence-corrected chi connectivity index (χ1v) is 8.73. The standard InChI is InChI=1S/C18H15ClN2O4S/c1-24-11-5-3-4-10(8-11)17(22)20-21-18(23)16-15(19)13-7-6-12(25-2)9-14(13)26-16/h3-9H,1-2H3,(H,20,22)(H,21,23). The Morgan fingerprint density at radius 1 is 0.962 bits per heavy atom. The predicted molar refractivity (Wildman–Crippen MR) is 101 cm³/mol. The number of methoxy groups -OCH3 is 2. The van der Waals surface area contributed by atoms with E-state index in [0.29, 0.717) is 27.0 Å². The van der Waals surface area contributed by atoms with Gasteiger partial charge in [0.2, 0.25) is 0 Å². The number of thiophene rings is 1. The van der Waals surface area contributed by atoms with Crippen LogP contribution in [0.5, 0.6) is 11.5 Å². The third-order valence-electron chi connectivity index (χ3n) is 3.66. The van der Waals surface area contributed by atoms with Crippen LogP contribution in [0.1, 0.15) is 20.0 Å². The Kier molecular flexibility index (Phi) is 5.29. The maximum absolute atomic E-state index is 12.4. The summed E-state index contributed by atoms with van der Waals surface area (Å²) in [6.07, 6.45) is 0. The summed E-state index contributed by atoms with van der Waals surface area (Å²) in [5.74, 6) is 0.266. The molecule has 0 saturated heterocycles. The molecular weight excluding hydrogens is 376 g/mol. The summed E-state index contributed by atoms with van der Waals surface area (Å²) in [5.41, 5.74) is 5.11. The van der Waals surface area contributed by atoms with Crippen LogP contribution in [0.4, 0.5) is 0 Å². The van der Waals surface area contributed by atoms with Crippen molar-refractivity contribution in [2.45, 2.75) is 0 Å². The molecule has 6 nitrogen and oxygen atoms in total. The van der Waals surface area contributed by atoms with Gasteiger partial charge in [0, 0.05) is 15.6 Å². The van der Waals surface area contributed by atoms with Crippen molar-refractivity contribution in [1.29, 1.82) is 0 Å².